The van der Waals surface area contributed by atoms with Crippen LogP contribution in [0, 0.1) is 0 Å². The molecular formula is C15H13F3N6O. The van der Waals surface area contributed by atoms with Crippen molar-refractivity contribution in [2.45, 2.75) is 32.1 Å². The Balaban J connectivity index is 1.49. The number of hydrogen-bond donors (Lipinski definition) is 2. The van der Waals surface area contributed by atoms with Crippen LogP contribution in [0.5, 0.6) is 0 Å². The lowest BCUT2D eigenvalue weighted by Gasteiger charge is -2.04. The highest BCUT2D eigenvalue weighted by Gasteiger charge is 2.36. The van der Waals surface area contributed by atoms with Gasteiger partial charge in [0.25, 0.3) is 11.7 Å². The van der Waals surface area contributed by atoms with E-state index in [1.165, 1.54) is 0 Å². The molecule has 1 aliphatic rings. The van der Waals surface area contributed by atoms with Crippen molar-refractivity contribution >= 4 is 16.9 Å². The van der Waals surface area contributed by atoms with Crippen molar-refractivity contribution in [3.05, 3.63) is 41.2 Å². The number of aromatic nitrogens is 5. The molecule has 0 fully saturated rings. The second-order valence-corrected chi connectivity index (χ2v) is 5.77. The number of nitrogens with zero attached hydrogens (tertiary/aromatic N) is 4. The van der Waals surface area contributed by atoms with E-state index in [0.717, 1.165) is 36.2 Å². The van der Waals surface area contributed by atoms with Gasteiger partial charge in [0.05, 0.1) is 17.6 Å². The molecular weight excluding hydrogens is 337 g/mol. The number of benzene rings is 1. The van der Waals surface area contributed by atoms with Crippen LogP contribution in [0.1, 0.15) is 34.3 Å². The smallest absolute Gasteiger partial charge is 0.345 e. The molecule has 3 heterocycles. The van der Waals surface area contributed by atoms with Gasteiger partial charge in [0, 0.05) is 18.5 Å². The number of nitrogens with one attached hydrogen (secondary N) is 2. The van der Waals surface area contributed by atoms with Crippen LogP contribution in [0.25, 0.3) is 11.0 Å². The molecule has 0 spiro atoms. The standard InChI is InChI=1S/C15H13F3N6O/c16-15(17,18)14-21-11(22-23-14)7-19-13(25)8-3-4-9-10(6-8)24-5-1-2-12(24)20-9/h3-4,6H,1-2,5,7H2,(H,19,25)(H,21,22,23). The average molecular weight is 350 g/mol. The topological polar surface area (TPSA) is 88.5 Å². The molecule has 130 valence electrons. The van der Waals surface area contributed by atoms with E-state index in [1.807, 2.05) is 0 Å². The van der Waals surface area contributed by atoms with Crippen LogP contribution in [0.4, 0.5) is 13.2 Å². The normalized spacial score (nSPS) is 14.0. The number of rotatable bonds is 3. The molecule has 0 radical (unpaired) electrons. The summed E-state index contributed by atoms with van der Waals surface area (Å²) in [6.07, 6.45) is -2.67. The summed E-state index contributed by atoms with van der Waals surface area (Å²) in [4.78, 5) is 20.1. The minimum Gasteiger partial charge on any atom is -0.345 e. The fraction of sp³-hybridized carbons (Fsp3) is 0.333. The molecule has 7 nitrogen and oxygen atoms in total. The van der Waals surface area contributed by atoms with Gasteiger partial charge in [0.15, 0.2) is 0 Å². The Morgan fingerprint density at radius 1 is 1.32 bits per heavy atom. The predicted molar refractivity (Wildman–Crippen MR) is 80.6 cm³/mol. The molecule has 0 bridgehead atoms. The maximum absolute atomic E-state index is 12.5. The van der Waals surface area contributed by atoms with E-state index in [4.69, 9.17) is 0 Å². The molecule has 25 heavy (non-hydrogen) atoms. The Kier molecular flexibility index (Phi) is 3.48. The first kappa shape index (κ1) is 15.6. The molecule has 1 amide bonds. The fourth-order valence-electron chi connectivity index (χ4n) is 2.92. The Morgan fingerprint density at radius 3 is 2.92 bits per heavy atom. The number of aromatic amines is 1. The minimum absolute atomic E-state index is 0.0630. The molecule has 0 aliphatic carbocycles. The zero-order chi connectivity index (χ0) is 17.6. The highest BCUT2D eigenvalue weighted by Crippen LogP contribution is 2.26. The zero-order valence-corrected chi connectivity index (χ0v) is 12.9. The van der Waals surface area contributed by atoms with Crippen LogP contribution in [-0.4, -0.2) is 30.6 Å². The van der Waals surface area contributed by atoms with Gasteiger partial charge in [-0.05, 0) is 24.6 Å². The molecule has 2 aromatic heterocycles. The van der Waals surface area contributed by atoms with Crippen LogP contribution in [0.3, 0.4) is 0 Å². The second kappa shape index (κ2) is 5.57. The van der Waals surface area contributed by atoms with Crippen molar-refractivity contribution in [2.24, 2.45) is 0 Å². The van der Waals surface area contributed by atoms with Crippen molar-refractivity contribution in [3.8, 4) is 0 Å². The SMILES string of the molecule is O=C(NCc1nc(C(F)(F)F)n[nH]1)c1ccc2nc3n(c2c1)CCC3. The third-order valence-electron chi connectivity index (χ3n) is 4.07. The van der Waals surface area contributed by atoms with Crippen LogP contribution in [0.2, 0.25) is 0 Å². The summed E-state index contributed by atoms with van der Waals surface area (Å²) in [5, 5.41) is 7.79. The Hall–Kier alpha value is -2.91. The quantitative estimate of drug-likeness (QED) is 0.757. The highest BCUT2D eigenvalue weighted by atomic mass is 19.4. The Labute approximate surface area is 139 Å². The largest absolute Gasteiger partial charge is 0.453 e. The summed E-state index contributed by atoms with van der Waals surface area (Å²) in [6, 6.07) is 5.15. The van der Waals surface area contributed by atoms with E-state index in [2.05, 4.69) is 30.0 Å². The molecule has 2 N–H and O–H groups in total. The number of H-pyrrole nitrogens is 1. The number of imidazole rings is 1. The number of halogens is 3. The van der Waals surface area contributed by atoms with Gasteiger partial charge in [0.2, 0.25) is 0 Å². The van der Waals surface area contributed by atoms with Gasteiger partial charge in [0.1, 0.15) is 11.6 Å². The van der Waals surface area contributed by atoms with Crippen LogP contribution < -0.4 is 5.32 Å². The average Bonchev–Trinajstić information content (AvgIpc) is 3.26. The summed E-state index contributed by atoms with van der Waals surface area (Å²) in [7, 11) is 0. The van der Waals surface area contributed by atoms with Gasteiger partial charge in [-0.2, -0.15) is 13.2 Å². The van der Waals surface area contributed by atoms with E-state index in [9.17, 15) is 18.0 Å². The lowest BCUT2D eigenvalue weighted by Crippen LogP contribution is -2.23. The highest BCUT2D eigenvalue weighted by molar-refractivity contribution is 5.97. The van der Waals surface area contributed by atoms with Gasteiger partial charge >= 0.3 is 6.18 Å². The first-order valence-corrected chi connectivity index (χ1v) is 7.67. The second-order valence-electron chi connectivity index (χ2n) is 5.77. The fourth-order valence-corrected chi connectivity index (χ4v) is 2.92. The minimum atomic E-state index is -4.62. The maximum Gasteiger partial charge on any atom is 0.453 e. The number of fused-ring (bicyclic) bond motifs is 3. The first-order valence-electron chi connectivity index (χ1n) is 7.67. The van der Waals surface area contributed by atoms with Crippen LogP contribution in [-0.2, 0) is 25.7 Å². The van der Waals surface area contributed by atoms with E-state index < -0.39 is 17.9 Å². The van der Waals surface area contributed by atoms with Crippen molar-refractivity contribution in [1.82, 2.24) is 30.0 Å². The molecule has 0 atom stereocenters. The molecule has 0 unspecified atom stereocenters. The van der Waals surface area contributed by atoms with Gasteiger partial charge in [-0.1, -0.05) is 0 Å². The number of aryl methyl sites for hydroxylation is 2. The van der Waals surface area contributed by atoms with E-state index in [0.29, 0.717) is 5.56 Å². The summed E-state index contributed by atoms with van der Waals surface area (Å²) in [5.41, 5.74) is 2.13. The molecule has 0 saturated heterocycles. The third kappa shape index (κ3) is 2.83. The predicted octanol–water partition coefficient (Wildman–Crippen LogP) is 2.05. The van der Waals surface area contributed by atoms with Gasteiger partial charge in [-0.15, -0.1) is 5.10 Å². The maximum atomic E-state index is 12.5. The lowest BCUT2D eigenvalue weighted by molar-refractivity contribution is -0.144. The number of amides is 1. The molecule has 10 heteroatoms. The van der Waals surface area contributed by atoms with Crippen molar-refractivity contribution < 1.29 is 18.0 Å². The summed E-state index contributed by atoms with van der Waals surface area (Å²) in [6.45, 7) is 0.694. The number of carbonyl (C=O) groups is 1. The van der Waals surface area contributed by atoms with Crippen molar-refractivity contribution in [2.75, 3.05) is 0 Å². The van der Waals surface area contributed by atoms with E-state index in [1.54, 1.807) is 18.2 Å². The number of alkyl halides is 3. The van der Waals surface area contributed by atoms with Gasteiger partial charge in [-0.3, -0.25) is 9.89 Å². The van der Waals surface area contributed by atoms with Crippen LogP contribution in [0.15, 0.2) is 18.2 Å². The molecule has 4 rings (SSSR count). The summed E-state index contributed by atoms with van der Waals surface area (Å²) >= 11 is 0. The molecule has 1 aromatic carbocycles. The summed E-state index contributed by atoms with van der Waals surface area (Å²) in [5.74, 6) is -0.714. The van der Waals surface area contributed by atoms with E-state index in [-0.39, 0.29) is 12.4 Å². The third-order valence-corrected chi connectivity index (χ3v) is 4.07. The molecule has 0 saturated carbocycles. The van der Waals surface area contributed by atoms with Crippen molar-refractivity contribution in [1.29, 1.82) is 0 Å². The van der Waals surface area contributed by atoms with Crippen molar-refractivity contribution in [3.63, 3.8) is 0 Å². The summed E-state index contributed by atoms with van der Waals surface area (Å²) < 4.78 is 39.4. The van der Waals surface area contributed by atoms with E-state index >= 15 is 0 Å². The first-order chi connectivity index (χ1) is 11.9. The number of hydrogen-bond acceptors (Lipinski definition) is 4. The lowest BCUT2D eigenvalue weighted by atomic mass is 10.2. The number of carbonyl (C=O) groups excluding carboxylic acids is 1. The van der Waals surface area contributed by atoms with Crippen LogP contribution >= 0.6 is 0 Å². The molecule has 1 aliphatic heterocycles. The van der Waals surface area contributed by atoms with Gasteiger partial charge in [-0.25, -0.2) is 9.97 Å². The Bertz CT molecular complexity index is 958. The van der Waals surface area contributed by atoms with Gasteiger partial charge < -0.3 is 9.88 Å². The Morgan fingerprint density at radius 2 is 2.16 bits per heavy atom. The monoisotopic (exact) mass is 350 g/mol. The zero-order valence-electron chi connectivity index (χ0n) is 12.9. The molecule has 3 aromatic rings.